The fourth-order valence-electron chi connectivity index (χ4n) is 2.11. The number of benzene rings is 1. The lowest BCUT2D eigenvalue weighted by Crippen LogP contribution is -2.28. The number of phenols is 2. The molecule has 0 aliphatic carbocycles. The van der Waals surface area contributed by atoms with Crippen molar-refractivity contribution in [2.75, 3.05) is 0 Å². The molecule has 0 saturated carbocycles. The predicted molar refractivity (Wildman–Crippen MR) is 76.0 cm³/mol. The summed E-state index contributed by atoms with van der Waals surface area (Å²) in [7, 11) is 0. The Bertz CT molecular complexity index is 619. The number of nitrogens with one attached hydrogen (secondary N) is 1. The van der Waals surface area contributed by atoms with E-state index in [2.05, 4.69) is 15.5 Å². The molecule has 2 rings (SSSR count). The maximum Gasteiger partial charge on any atom is 0.259 e. The number of hydrogen-bond donors (Lipinski definition) is 3. The number of rotatable bonds is 5. The van der Waals surface area contributed by atoms with E-state index in [0.29, 0.717) is 5.82 Å². The Morgan fingerprint density at radius 2 is 2.05 bits per heavy atom. The molecule has 0 fully saturated rings. The Kier molecular flexibility index (Phi) is 4.42. The van der Waals surface area contributed by atoms with Crippen molar-refractivity contribution >= 4 is 5.91 Å². The molecule has 1 amide bonds. The van der Waals surface area contributed by atoms with Crippen molar-refractivity contribution in [1.82, 2.24) is 20.1 Å². The van der Waals surface area contributed by atoms with Crippen LogP contribution in [0.4, 0.5) is 0 Å². The van der Waals surface area contributed by atoms with Crippen molar-refractivity contribution in [3.63, 3.8) is 0 Å². The second kappa shape index (κ2) is 6.25. The van der Waals surface area contributed by atoms with Crippen molar-refractivity contribution in [3.8, 4) is 11.5 Å². The van der Waals surface area contributed by atoms with E-state index >= 15 is 0 Å². The normalized spacial score (nSPS) is 12.1. The van der Waals surface area contributed by atoms with E-state index in [-0.39, 0.29) is 17.1 Å². The molecule has 112 valence electrons. The molecule has 21 heavy (non-hydrogen) atoms. The van der Waals surface area contributed by atoms with Crippen LogP contribution in [0.25, 0.3) is 0 Å². The van der Waals surface area contributed by atoms with E-state index in [1.54, 1.807) is 13.3 Å². The lowest BCUT2D eigenvalue weighted by Gasteiger charge is -2.15. The van der Waals surface area contributed by atoms with Gasteiger partial charge in [-0.2, -0.15) is 0 Å². The molecule has 0 spiro atoms. The summed E-state index contributed by atoms with van der Waals surface area (Å²) in [5, 5.41) is 29.9. The van der Waals surface area contributed by atoms with E-state index in [1.807, 2.05) is 11.5 Å². The Morgan fingerprint density at radius 3 is 2.67 bits per heavy atom. The van der Waals surface area contributed by atoms with Crippen LogP contribution in [0.2, 0.25) is 0 Å². The highest BCUT2D eigenvalue weighted by molar-refractivity contribution is 5.99. The highest BCUT2D eigenvalue weighted by atomic mass is 16.3. The minimum atomic E-state index is -0.566. The maximum absolute atomic E-state index is 12.2. The van der Waals surface area contributed by atoms with Gasteiger partial charge in [0.15, 0.2) is 5.82 Å². The number of carbonyl (C=O) groups excluding carboxylic acids is 1. The van der Waals surface area contributed by atoms with Gasteiger partial charge < -0.3 is 20.1 Å². The number of phenolic OH excluding ortho intramolecular Hbond substituents is 2. The van der Waals surface area contributed by atoms with Gasteiger partial charge in [0.1, 0.15) is 23.4 Å². The molecule has 1 atom stereocenters. The van der Waals surface area contributed by atoms with Gasteiger partial charge in [-0.05, 0) is 25.5 Å². The van der Waals surface area contributed by atoms with Crippen molar-refractivity contribution < 1.29 is 15.0 Å². The average molecular weight is 290 g/mol. The minimum absolute atomic E-state index is 0.147. The zero-order valence-corrected chi connectivity index (χ0v) is 11.9. The Hall–Kier alpha value is -2.57. The molecule has 2 aromatic rings. The van der Waals surface area contributed by atoms with Crippen LogP contribution in [0.5, 0.6) is 11.5 Å². The summed E-state index contributed by atoms with van der Waals surface area (Å²) in [6, 6.07) is 3.76. The molecule has 0 aliphatic heterocycles. The van der Waals surface area contributed by atoms with E-state index in [4.69, 9.17) is 0 Å². The SMILES string of the molecule is CCCn1cnnc1C(C)NC(=O)c1c(O)cccc1O. The predicted octanol–water partition coefficient (Wildman–Crippen LogP) is 1.59. The molecule has 3 N–H and O–H groups in total. The number of aryl methyl sites for hydroxylation is 1. The van der Waals surface area contributed by atoms with Crippen LogP contribution in [-0.4, -0.2) is 30.9 Å². The highest BCUT2D eigenvalue weighted by Crippen LogP contribution is 2.26. The lowest BCUT2D eigenvalue weighted by molar-refractivity contribution is 0.0932. The minimum Gasteiger partial charge on any atom is -0.507 e. The largest absolute Gasteiger partial charge is 0.507 e. The lowest BCUT2D eigenvalue weighted by atomic mass is 10.1. The molecule has 1 aromatic heterocycles. The summed E-state index contributed by atoms with van der Waals surface area (Å²) >= 11 is 0. The van der Waals surface area contributed by atoms with Crippen molar-refractivity contribution in [2.45, 2.75) is 32.9 Å². The van der Waals surface area contributed by atoms with E-state index < -0.39 is 11.9 Å². The first-order chi connectivity index (χ1) is 10.0. The number of aromatic hydroxyl groups is 2. The van der Waals surface area contributed by atoms with Crippen LogP contribution in [0.15, 0.2) is 24.5 Å². The van der Waals surface area contributed by atoms with Gasteiger partial charge in [-0.25, -0.2) is 0 Å². The van der Waals surface area contributed by atoms with E-state index in [9.17, 15) is 15.0 Å². The van der Waals surface area contributed by atoms with Gasteiger partial charge >= 0.3 is 0 Å². The summed E-state index contributed by atoms with van der Waals surface area (Å²) in [4.78, 5) is 12.2. The number of carbonyl (C=O) groups is 1. The number of amides is 1. The summed E-state index contributed by atoms with van der Waals surface area (Å²) in [6.07, 6.45) is 2.53. The van der Waals surface area contributed by atoms with Crippen LogP contribution >= 0.6 is 0 Å². The standard InChI is InChI=1S/C14H18N4O3/c1-3-7-18-8-15-17-13(18)9(2)16-14(21)12-10(19)5-4-6-11(12)20/h4-6,8-9,19-20H,3,7H2,1-2H3,(H,16,21). The third-order valence-electron chi connectivity index (χ3n) is 3.09. The molecular formula is C14H18N4O3. The van der Waals surface area contributed by atoms with Gasteiger partial charge in [0.25, 0.3) is 5.91 Å². The third-order valence-corrected chi connectivity index (χ3v) is 3.09. The molecular weight excluding hydrogens is 272 g/mol. The molecule has 0 radical (unpaired) electrons. The first kappa shape index (κ1) is 14.8. The Labute approximate surface area is 122 Å². The molecule has 7 heteroatoms. The van der Waals surface area contributed by atoms with Gasteiger partial charge in [0.2, 0.25) is 0 Å². The van der Waals surface area contributed by atoms with Crippen LogP contribution in [-0.2, 0) is 6.54 Å². The monoisotopic (exact) mass is 290 g/mol. The summed E-state index contributed by atoms with van der Waals surface area (Å²) in [6.45, 7) is 4.56. The maximum atomic E-state index is 12.2. The number of hydrogen-bond acceptors (Lipinski definition) is 5. The van der Waals surface area contributed by atoms with Crippen molar-refractivity contribution in [3.05, 3.63) is 35.9 Å². The van der Waals surface area contributed by atoms with Gasteiger partial charge in [0, 0.05) is 6.54 Å². The Morgan fingerprint density at radius 1 is 1.38 bits per heavy atom. The molecule has 1 heterocycles. The second-order valence-electron chi connectivity index (χ2n) is 4.75. The van der Waals surface area contributed by atoms with Crippen molar-refractivity contribution in [1.29, 1.82) is 0 Å². The quantitative estimate of drug-likeness (QED) is 0.776. The topological polar surface area (TPSA) is 100 Å². The summed E-state index contributed by atoms with van der Waals surface area (Å²) in [5.74, 6) is -0.478. The summed E-state index contributed by atoms with van der Waals surface area (Å²) < 4.78 is 1.86. The highest BCUT2D eigenvalue weighted by Gasteiger charge is 2.20. The molecule has 0 bridgehead atoms. The summed E-state index contributed by atoms with van der Waals surface area (Å²) in [5.41, 5.74) is -0.147. The fraction of sp³-hybridized carbons (Fsp3) is 0.357. The van der Waals surface area contributed by atoms with Gasteiger partial charge in [0.05, 0.1) is 6.04 Å². The first-order valence-corrected chi connectivity index (χ1v) is 6.74. The molecule has 1 aromatic carbocycles. The van der Waals surface area contributed by atoms with E-state index in [0.717, 1.165) is 13.0 Å². The zero-order chi connectivity index (χ0) is 15.4. The van der Waals surface area contributed by atoms with Crippen LogP contribution in [0.3, 0.4) is 0 Å². The first-order valence-electron chi connectivity index (χ1n) is 6.74. The van der Waals surface area contributed by atoms with Gasteiger partial charge in [-0.1, -0.05) is 13.0 Å². The van der Waals surface area contributed by atoms with E-state index in [1.165, 1.54) is 18.2 Å². The molecule has 1 unspecified atom stereocenters. The number of aromatic nitrogens is 3. The fourth-order valence-corrected chi connectivity index (χ4v) is 2.11. The second-order valence-corrected chi connectivity index (χ2v) is 4.75. The van der Waals surface area contributed by atoms with Crippen LogP contribution in [0.1, 0.15) is 42.5 Å². The average Bonchev–Trinajstić information content (AvgIpc) is 2.87. The van der Waals surface area contributed by atoms with Crippen LogP contribution < -0.4 is 5.32 Å². The van der Waals surface area contributed by atoms with Crippen molar-refractivity contribution in [2.24, 2.45) is 0 Å². The molecule has 7 nitrogen and oxygen atoms in total. The third kappa shape index (κ3) is 3.13. The van der Waals surface area contributed by atoms with Gasteiger partial charge in [-0.3, -0.25) is 4.79 Å². The van der Waals surface area contributed by atoms with Crippen LogP contribution in [0, 0.1) is 0 Å². The zero-order valence-electron chi connectivity index (χ0n) is 11.9. The Balaban J connectivity index is 2.17. The molecule has 0 aliphatic rings. The number of nitrogens with zero attached hydrogens (tertiary/aromatic N) is 3. The smallest absolute Gasteiger partial charge is 0.259 e. The molecule has 0 saturated heterocycles. The van der Waals surface area contributed by atoms with Gasteiger partial charge in [-0.15, -0.1) is 10.2 Å².